The Bertz CT molecular complexity index is 904. The van der Waals surface area contributed by atoms with E-state index in [2.05, 4.69) is 38.8 Å². The molecule has 0 saturated carbocycles. The molecular formula is C21H32N2O4SSi. The Hall–Kier alpha value is -1.61. The van der Waals surface area contributed by atoms with Gasteiger partial charge >= 0.3 is 5.69 Å². The van der Waals surface area contributed by atoms with Gasteiger partial charge in [0, 0.05) is 16.9 Å². The normalized spacial score (nSPS) is 13.1. The molecule has 0 amide bonds. The zero-order chi connectivity index (χ0) is 21.6. The van der Waals surface area contributed by atoms with E-state index in [-0.39, 0.29) is 24.0 Å². The Balaban J connectivity index is 2.37. The summed E-state index contributed by atoms with van der Waals surface area (Å²) in [5, 5.41) is 0.615. The Labute approximate surface area is 178 Å². The standard InChI is InChI=1S/C21H32N2O4SSi/c1-7-16-18(24)22-20(25)23(19(16)28-15-11-9-8-10-12-15)14-26-17(27-29(5)6)13-21(2,3)4/h8-12,17,29H,7,13-14H2,1-6H3,(H,22,24,25). The van der Waals surface area contributed by atoms with Crippen LogP contribution in [0.3, 0.4) is 0 Å². The fourth-order valence-corrected chi connectivity index (χ4v) is 4.75. The summed E-state index contributed by atoms with van der Waals surface area (Å²) < 4.78 is 13.6. The molecule has 8 heteroatoms. The molecule has 0 bridgehead atoms. The van der Waals surface area contributed by atoms with Crippen LogP contribution in [-0.2, 0) is 22.3 Å². The van der Waals surface area contributed by atoms with Crippen LogP contribution in [0.1, 0.15) is 39.7 Å². The number of nitrogens with one attached hydrogen (secondary N) is 1. The quantitative estimate of drug-likeness (QED) is 0.366. The molecule has 2 rings (SSSR count). The van der Waals surface area contributed by atoms with Crippen molar-refractivity contribution in [3.63, 3.8) is 0 Å². The van der Waals surface area contributed by atoms with Gasteiger partial charge in [0.05, 0.1) is 5.03 Å². The molecule has 0 spiro atoms. The van der Waals surface area contributed by atoms with Crippen LogP contribution in [0.5, 0.6) is 0 Å². The lowest BCUT2D eigenvalue weighted by Gasteiger charge is -2.28. The first-order valence-electron chi connectivity index (χ1n) is 9.96. The molecule has 0 saturated heterocycles. The van der Waals surface area contributed by atoms with E-state index in [0.29, 0.717) is 17.0 Å². The van der Waals surface area contributed by atoms with Gasteiger partial charge in [0.2, 0.25) is 0 Å². The molecule has 1 aromatic carbocycles. The van der Waals surface area contributed by atoms with Gasteiger partial charge in [0.15, 0.2) is 9.04 Å². The zero-order valence-corrected chi connectivity index (χ0v) is 20.1. The number of aromatic amines is 1. The molecule has 1 heterocycles. The third-order valence-corrected chi connectivity index (χ3v) is 6.16. The molecule has 160 valence electrons. The Morgan fingerprint density at radius 2 is 1.83 bits per heavy atom. The van der Waals surface area contributed by atoms with Crippen molar-refractivity contribution >= 4 is 20.8 Å². The summed E-state index contributed by atoms with van der Waals surface area (Å²) in [5.74, 6) is 0. The third-order valence-electron chi connectivity index (χ3n) is 4.15. The van der Waals surface area contributed by atoms with Crippen molar-refractivity contribution < 1.29 is 9.16 Å². The van der Waals surface area contributed by atoms with Crippen molar-refractivity contribution in [3.8, 4) is 0 Å². The first-order chi connectivity index (χ1) is 13.6. The third kappa shape index (κ3) is 7.29. The number of ether oxygens (including phenoxy) is 1. The maximum absolute atomic E-state index is 12.6. The molecule has 6 nitrogen and oxygen atoms in total. The smallest absolute Gasteiger partial charge is 0.331 e. The molecule has 1 unspecified atom stereocenters. The summed E-state index contributed by atoms with van der Waals surface area (Å²) in [6.45, 7) is 12.5. The molecule has 2 aromatic rings. The van der Waals surface area contributed by atoms with E-state index in [4.69, 9.17) is 9.16 Å². The number of rotatable bonds is 9. The lowest BCUT2D eigenvalue weighted by atomic mass is 9.92. The van der Waals surface area contributed by atoms with Gasteiger partial charge in [-0.05, 0) is 37.1 Å². The molecule has 1 N–H and O–H groups in total. The van der Waals surface area contributed by atoms with Crippen LogP contribution < -0.4 is 11.2 Å². The highest BCUT2D eigenvalue weighted by Gasteiger charge is 2.22. The van der Waals surface area contributed by atoms with Crippen LogP contribution in [0, 0.1) is 5.41 Å². The van der Waals surface area contributed by atoms with Crippen molar-refractivity contribution in [2.24, 2.45) is 5.41 Å². The van der Waals surface area contributed by atoms with E-state index >= 15 is 0 Å². The van der Waals surface area contributed by atoms with E-state index in [9.17, 15) is 9.59 Å². The van der Waals surface area contributed by atoms with Crippen LogP contribution in [0.4, 0.5) is 0 Å². The summed E-state index contributed by atoms with van der Waals surface area (Å²) in [6.07, 6.45) is 0.851. The highest BCUT2D eigenvalue weighted by atomic mass is 32.2. The number of aromatic nitrogens is 2. The molecule has 0 aliphatic carbocycles. The number of benzene rings is 1. The highest BCUT2D eigenvalue weighted by Crippen LogP contribution is 2.29. The lowest BCUT2D eigenvalue weighted by molar-refractivity contribution is -0.129. The molecule has 0 aliphatic rings. The van der Waals surface area contributed by atoms with E-state index in [1.807, 2.05) is 37.3 Å². The Kier molecular flexibility index (Phi) is 8.51. The van der Waals surface area contributed by atoms with Gasteiger partial charge in [-0.25, -0.2) is 4.79 Å². The second-order valence-corrected chi connectivity index (χ2v) is 11.8. The summed E-state index contributed by atoms with van der Waals surface area (Å²) in [6, 6.07) is 9.71. The zero-order valence-electron chi connectivity index (χ0n) is 18.2. The van der Waals surface area contributed by atoms with Gasteiger partial charge in [-0.15, -0.1) is 0 Å². The monoisotopic (exact) mass is 436 g/mol. The lowest BCUT2D eigenvalue weighted by Crippen LogP contribution is -2.36. The molecule has 29 heavy (non-hydrogen) atoms. The first kappa shape index (κ1) is 23.7. The Morgan fingerprint density at radius 3 is 2.38 bits per heavy atom. The fraction of sp³-hybridized carbons (Fsp3) is 0.524. The van der Waals surface area contributed by atoms with Gasteiger partial charge in [-0.2, -0.15) is 0 Å². The van der Waals surface area contributed by atoms with Crippen LogP contribution in [-0.4, -0.2) is 24.9 Å². The van der Waals surface area contributed by atoms with E-state index in [1.165, 1.54) is 16.3 Å². The highest BCUT2D eigenvalue weighted by molar-refractivity contribution is 7.99. The summed E-state index contributed by atoms with van der Waals surface area (Å²) in [4.78, 5) is 28.4. The number of hydrogen-bond acceptors (Lipinski definition) is 5. The number of H-pyrrole nitrogens is 1. The van der Waals surface area contributed by atoms with E-state index in [0.717, 1.165) is 11.3 Å². The van der Waals surface area contributed by atoms with Crippen molar-refractivity contribution in [2.45, 2.75) is 76.6 Å². The van der Waals surface area contributed by atoms with Crippen LogP contribution in [0.2, 0.25) is 13.1 Å². The van der Waals surface area contributed by atoms with Gasteiger partial charge in [-0.1, -0.05) is 57.7 Å². The van der Waals surface area contributed by atoms with Gasteiger partial charge < -0.3 is 9.16 Å². The van der Waals surface area contributed by atoms with E-state index in [1.54, 1.807) is 0 Å². The van der Waals surface area contributed by atoms with Crippen LogP contribution in [0.15, 0.2) is 49.8 Å². The molecule has 0 fully saturated rings. The maximum Gasteiger partial charge on any atom is 0.331 e. The minimum Gasteiger partial charge on any atom is -0.396 e. The predicted octanol–water partition coefficient (Wildman–Crippen LogP) is 3.99. The van der Waals surface area contributed by atoms with Crippen LogP contribution >= 0.6 is 11.8 Å². The van der Waals surface area contributed by atoms with Crippen molar-refractivity contribution in [1.82, 2.24) is 9.55 Å². The average molecular weight is 437 g/mol. The summed E-state index contributed by atoms with van der Waals surface area (Å²) in [7, 11) is -1.32. The van der Waals surface area contributed by atoms with Gasteiger partial charge in [-0.3, -0.25) is 14.3 Å². The molecule has 1 aromatic heterocycles. The summed E-state index contributed by atoms with van der Waals surface area (Å²) >= 11 is 1.40. The summed E-state index contributed by atoms with van der Waals surface area (Å²) in [5.41, 5.74) is -0.208. The van der Waals surface area contributed by atoms with Gasteiger partial charge in [0.1, 0.15) is 13.0 Å². The van der Waals surface area contributed by atoms with Crippen LogP contribution in [0.25, 0.3) is 0 Å². The molecule has 0 aliphatic heterocycles. The predicted molar refractivity (Wildman–Crippen MR) is 120 cm³/mol. The molecule has 1 atom stereocenters. The van der Waals surface area contributed by atoms with Crippen molar-refractivity contribution in [2.75, 3.05) is 0 Å². The van der Waals surface area contributed by atoms with E-state index < -0.39 is 14.7 Å². The fourth-order valence-electron chi connectivity index (χ4n) is 2.85. The van der Waals surface area contributed by atoms with Crippen molar-refractivity contribution in [3.05, 3.63) is 56.7 Å². The first-order valence-corrected chi connectivity index (χ1v) is 13.6. The second-order valence-electron chi connectivity index (χ2n) is 8.41. The largest absolute Gasteiger partial charge is 0.396 e. The van der Waals surface area contributed by atoms with Gasteiger partial charge in [0.25, 0.3) is 5.56 Å². The SMILES string of the molecule is CCc1c(Sc2ccccc2)n(COC(CC(C)(C)C)O[SiH](C)C)c(=O)[nH]c1=O. The number of nitrogens with zero attached hydrogens (tertiary/aromatic N) is 1. The minimum atomic E-state index is -1.32. The second kappa shape index (κ2) is 10.4. The molecule has 0 radical (unpaired) electrons. The Morgan fingerprint density at radius 1 is 1.17 bits per heavy atom. The topological polar surface area (TPSA) is 73.3 Å². The minimum absolute atomic E-state index is 0.0274. The molecular weight excluding hydrogens is 404 g/mol. The van der Waals surface area contributed by atoms with Crippen molar-refractivity contribution in [1.29, 1.82) is 0 Å². The average Bonchev–Trinajstić information content (AvgIpc) is 2.60. The number of hydrogen-bond donors (Lipinski definition) is 1. The maximum atomic E-state index is 12.6.